The number of hydrogen-bond acceptors (Lipinski definition) is 2. The highest BCUT2D eigenvalue weighted by Crippen LogP contribution is 2.14. The van der Waals surface area contributed by atoms with Crippen LogP contribution in [0.2, 0.25) is 0 Å². The van der Waals surface area contributed by atoms with E-state index in [0.29, 0.717) is 0 Å². The summed E-state index contributed by atoms with van der Waals surface area (Å²) in [6, 6.07) is 10.5. The fourth-order valence-electron chi connectivity index (χ4n) is 1.78. The first-order valence-electron chi connectivity index (χ1n) is 5.80. The lowest BCUT2D eigenvalue weighted by Crippen LogP contribution is -2.13. The molecule has 1 N–H and O–H groups in total. The van der Waals surface area contributed by atoms with Gasteiger partial charge in [-0.2, -0.15) is 0 Å². The summed E-state index contributed by atoms with van der Waals surface area (Å²) in [5, 5.41) is 4.50. The standard InChI is InChI=1S/C15H16N2/c1-3-4-9-16-11-13-6-8-15-14(10-13)7-5-12(2)17-15/h1,5-8,10,16H,4,9,11H2,2H3. The smallest absolute Gasteiger partial charge is 0.0705 e. The highest BCUT2D eigenvalue weighted by Gasteiger charge is 1.98. The molecule has 2 nitrogen and oxygen atoms in total. The first-order chi connectivity index (χ1) is 8.29. The Balaban J connectivity index is 2.10. The Kier molecular flexibility index (Phi) is 3.74. The van der Waals surface area contributed by atoms with Crippen LogP contribution >= 0.6 is 0 Å². The maximum Gasteiger partial charge on any atom is 0.0705 e. The molecule has 2 aromatic rings. The average molecular weight is 224 g/mol. The van der Waals surface area contributed by atoms with Gasteiger partial charge in [-0.15, -0.1) is 12.3 Å². The summed E-state index contributed by atoms with van der Waals surface area (Å²) >= 11 is 0. The van der Waals surface area contributed by atoms with E-state index in [1.807, 2.05) is 13.0 Å². The molecule has 0 saturated heterocycles. The van der Waals surface area contributed by atoms with Crippen LogP contribution in [0, 0.1) is 19.3 Å². The van der Waals surface area contributed by atoms with Crippen LogP contribution in [-0.2, 0) is 6.54 Å². The van der Waals surface area contributed by atoms with Crippen molar-refractivity contribution in [2.45, 2.75) is 19.9 Å². The van der Waals surface area contributed by atoms with Crippen molar-refractivity contribution in [3.05, 3.63) is 41.6 Å². The third-order valence-electron chi connectivity index (χ3n) is 2.67. The van der Waals surface area contributed by atoms with Gasteiger partial charge >= 0.3 is 0 Å². The Labute approximate surface area is 102 Å². The number of rotatable bonds is 4. The lowest BCUT2D eigenvalue weighted by molar-refractivity contribution is 0.702. The van der Waals surface area contributed by atoms with Crippen LogP contribution in [0.15, 0.2) is 30.3 Å². The summed E-state index contributed by atoms with van der Waals surface area (Å²) in [7, 11) is 0. The summed E-state index contributed by atoms with van der Waals surface area (Å²) in [4.78, 5) is 4.48. The van der Waals surface area contributed by atoms with Crippen molar-refractivity contribution in [1.82, 2.24) is 10.3 Å². The van der Waals surface area contributed by atoms with E-state index in [1.54, 1.807) is 0 Å². The molecule has 0 amide bonds. The van der Waals surface area contributed by atoms with Crippen molar-refractivity contribution in [3.8, 4) is 12.3 Å². The van der Waals surface area contributed by atoms with E-state index in [9.17, 15) is 0 Å². The minimum absolute atomic E-state index is 0.772. The first kappa shape index (κ1) is 11.6. The Morgan fingerprint density at radius 3 is 3.00 bits per heavy atom. The third kappa shape index (κ3) is 3.05. The van der Waals surface area contributed by atoms with Crippen LogP contribution in [-0.4, -0.2) is 11.5 Å². The van der Waals surface area contributed by atoms with Crippen LogP contribution in [0.5, 0.6) is 0 Å². The van der Waals surface area contributed by atoms with Crippen LogP contribution in [0.3, 0.4) is 0 Å². The predicted molar refractivity (Wildman–Crippen MR) is 71.6 cm³/mol. The summed E-state index contributed by atoms with van der Waals surface area (Å²) in [6.45, 7) is 3.72. The molecule has 0 radical (unpaired) electrons. The lowest BCUT2D eigenvalue weighted by Gasteiger charge is -2.05. The Morgan fingerprint density at radius 2 is 2.18 bits per heavy atom. The molecule has 2 heteroatoms. The number of nitrogens with one attached hydrogen (secondary N) is 1. The molecule has 0 aliphatic rings. The van der Waals surface area contributed by atoms with E-state index >= 15 is 0 Å². The fourth-order valence-corrected chi connectivity index (χ4v) is 1.78. The molecule has 0 aliphatic carbocycles. The number of fused-ring (bicyclic) bond motifs is 1. The number of nitrogens with zero attached hydrogens (tertiary/aromatic N) is 1. The molecule has 1 aromatic heterocycles. The van der Waals surface area contributed by atoms with Gasteiger partial charge in [0.1, 0.15) is 0 Å². The molecule has 0 unspecified atom stereocenters. The van der Waals surface area contributed by atoms with Crippen molar-refractivity contribution in [2.75, 3.05) is 6.54 Å². The minimum Gasteiger partial charge on any atom is -0.312 e. The van der Waals surface area contributed by atoms with Crippen molar-refractivity contribution >= 4 is 10.9 Å². The van der Waals surface area contributed by atoms with Gasteiger partial charge in [0.2, 0.25) is 0 Å². The van der Waals surface area contributed by atoms with E-state index < -0.39 is 0 Å². The van der Waals surface area contributed by atoms with Gasteiger partial charge in [0, 0.05) is 30.6 Å². The second kappa shape index (κ2) is 5.47. The van der Waals surface area contributed by atoms with Gasteiger partial charge in [-0.1, -0.05) is 12.1 Å². The third-order valence-corrected chi connectivity index (χ3v) is 2.67. The van der Waals surface area contributed by atoms with Gasteiger partial charge in [-0.25, -0.2) is 0 Å². The van der Waals surface area contributed by atoms with E-state index in [0.717, 1.165) is 30.7 Å². The van der Waals surface area contributed by atoms with E-state index in [-0.39, 0.29) is 0 Å². The number of terminal acetylenes is 1. The van der Waals surface area contributed by atoms with Crippen molar-refractivity contribution in [1.29, 1.82) is 0 Å². The highest BCUT2D eigenvalue weighted by molar-refractivity contribution is 5.79. The quantitative estimate of drug-likeness (QED) is 0.638. The fraction of sp³-hybridized carbons (Fsp3) is 0.267. The van der Waals surface area contributed by atoms with Crippen LogP contribution < -0.4 is 5.32 Å². The monoisotopic (exact) mass is 224 g/mol. The van der Waals surface area contributed by atoms with E-state index in [1.165, 1.54) is 10.9 Å². The molecule has 86 valence electrons. The first-order valence-corrected chi connectivity index (χ1v) is 5.80. The Bertz CT molecular complexity index is 552. The minimum atomic E-state index is 0.772. The molecule has 1 heterocycles. The van der Waals surface area contributed by atoms with Crippen LogP contribution in [0.1, 0.15) is 17.7 Å². The molecule has 2 rings (SSSR count). The normalized spacial score (nSPS) is 10.4. The SMILES string of the molecule is C#CCCNCc1ccc2nc(C)ccc2c1. The number of aromatic nitrogens is 1. The van der Waals surface area contributed by atoms with Crippen LogP contribution in [0.25, 0.3) is 10.9 Å². The van der Waals surface area contributed by atoms with Gasteiger partial charge < -0.3 is 5.32 Å². The average Bonchev–Trinajstić information content (AvgIpc) is 2.35. The van der Waals surface area contributed by atoms with E-state index in [2.05, 4.69) is 40.5 Å². The zero-order valence-electron chi connectivity index (χ0n) is 10.0. The molecule has 0 bridgehead atoms. The summed E-state index contributed by atoms with van der Waals surface area (Å²) in [5.41, 5.74) is 3.37. The van der Waals surface area contributed by atoms with Gasteiger partial charge in [-0.05, 0) is 30.7 Å². The molecule has 0 saturated carbocycles. The van der Waals surface area contributed by atoms with Crippen molar-refractivity contribution in [2.24, 2.45) is 0 Å². The van der Waals surface area contributed by atoms with Crippen LogP contribution in [0.4, 0.5) is 0 Å². The summed E-state index contributed by atoms with van der Waals surface area (Å²) < 4.78 is 0. The zero-order chi connectivity index (χ0) is 12.1. The molecule has 0 fully saturated rings. The largest absolute Gasteiger partial charge is 0.312 e. The second-order valence-electron chi connectivity index (χ2n) is 4.11. The highest BCUT2D eigenvalue weighted by atomic mass is 14.8. The number of pyridine rings is 1. The Hall–Kier alpha value is -1.85. The summed E-state index contributed by atoms with van der Waals surface area (Å²) in [5.74, 6) is 2.62. The molecule has 0 spiro atoms. The Morgan fingerprint density at radius 1 is 1.29 bits per heavy atom. The lowest BCUT2D eigenvalue weighted by atomic mass is 10.1. The van der Waals surface area contributed by atoms with Crippen molar-refractivity contribution in [3.63, 3.8) is 0 Å². The number of benzene rings is 1. The van der Waals surface area contributed by atoms with E-state index in [4.69, 9.17) is 6.42 Å². The maximum absolute atomic E-state index is 5.20. The molecule has 1 aromatic carbocycles. The number of hydrogen-bond donors (Lipinski definition) is 1. The molecule has 0 atom stereocenters. The zero-order valence-corrected chi connectivity index (χ0v) is 10.0. The van der Waals surface area contributed by atoms with Gasteiger partial charge in [0.25, 0.3) is 0 Å². The molecule has 17 heavy (non-hydrogen) atoms. The topological polar surface area (TPSA) is 24.9 Å². The van der Waals surface area contributed by atoms with Gasteiger partial charge in [0.15, 0.2) is 0 Å². The molecular formula is C15H16N2. The maximum atomic E-state index is 5.20. The number of aryl methyl sites for hydroxylation is 1. The van der Waals surface area contributed by atoms with Gasteiger partial charge in [-0.3, -0.25) is 4.98 Å². The molecule has 0 aliphatic heterocycles. The van der Waals surface area contributed by atoms with Gasteiger partial charge in [0.05, 0.1) is 5.52 Å². The molecular weight excluding hydrogens is 208 g/mol. The van der Waals surface area contributed by atoms with Crippen molar-refractivity contribution < 1.29 is 0 Å². The predicted octanol–water partition coefficient (Wildman–Crippen LogP) is 2.66. The summed E-state index contributed by atoms with van der Waals surface area (Å²) in [6.07, 6.45) is 5.97. The second-order valence-corrected chi connectivity index (χ2v) is 4.11.